The minimum Gasteiger partial charge on any atom is -0.336 e. The molecule has 0 spiro atoms. The van der Waals surface area contributed by atoms with E-state index in [1.807, 2.05) is 29.2 Å². The number of rotatable bonds is 5. The molecule has 2 aromatic carbocycles. The first kappa shape index (κ1) is 18.8. The molecule has 2 aromatic rings. The molecule has 1 fully saturated rings. The fraction of sp³-hybridized carbons (Fsp3) is 0.381. The zero-order valence-electron chi connectivity index (χ0n) is 15.5. The molecule has 1 heterocycles. The van der Waals surface area contributed by atoms with Crippen molar-refractivity contribution < 1.29 is 9.00 Å². The van der Waals surface area contributed by atoms with Gasteiger partial charge < -0.3 is 4.90 Å². The molecule has 1 atom stereocenters. The Morgan fingerprint density at radius 1 is 1.04 bits per heavy atom. The van der Waals surface area contributed by atoms with Crippen molar-refractivity contribution in [3.63, 3.8) is 0 Å². The summed E-state index contributed by atoms with van der Waals surface area (Å²) in [5.41, 5.74) is 4.32. The number of carbonyl (C=O) groups excluding carboxylic acids is 1. The van der Waals surface area contributed by atoms with Crippen LogP contribution < -0.4 is 0 Å². The molecule has 1 aliphatic heterocycles. The lowest BCUT2D eigenvalue weighted by Gasteiger charge is -2.35. The zero-order valence-corrected chi connectivity index (χ0v) is 16.3. The monoisotopic (exact) mass is 370 g/mol. The van der Waals surface area contributed by atoms with Crippen molar-refractivity contribution >= 4 is 16.7 Å². The van der Waals surface area contributed by atoms with Crippen LogP contribution in [-0.4, -0.2) is 52.4 Å². The molecule has 0 saturated carbocycles. The maximum absolute atomic E-state index is 12.8. The molecule has 0 aromatic heterocycles. The maximum Gasteiger partial charge on any atom is 0.253 e. The summed E-state index contributed by atoms with van der Waals surface area (Å²) < 4.78 is 11.4. The first-order chi connectivity index (χ1) is 12.5. The summed E-state index contributed by atoms with van der Waals surface area (Å²) in [5, 5.41) is 0. The van der Waals surface area contributed by atoms with Crippen LogP contribution in [-0.2, 0) is 23.1 Å². The van der Waals surface area contributed by atoms with Gasteiger partial charge in [0.2, 0.25) is 0 Å². The minimum atomic E-state index is -0.901. The average molecular weight is 371 g/mol. The average Bonchev–Trinajstić information content (AvgIpc) is 2.63. The molecule has 3 rings (SSSR count). The number of carbonyl (C=O) groups is 1. The number of amides is 1. The molecule has 1 unspecified atom stereocenters. The molecule has 1 saturated heterocycles. The topological polar surface area (TPSA) is 40.6 Å². The summed E-state index contributed by atoms with van der Waals surface area (Å²) in [6.07, 6.45) is 1.68. The van der Waals surface area contributed by atoms with Crippen LogP contribution in [0, 0.1) is 6.92 Å². The Morgan fingerprint density at radius 2 is 1.77 bits per heavy atom. The van der Waals surface area contributed by atoms with Gasteiger partial charge >= 0.3 is 0 Å². The van der Waals surface area contributed by atoms with Crippen molar-refractivity contribution in [3.8, 4) is 0 Å². The van der Waals surface area contributed by atoms with Crippen LogP contribution in [0.4, 0.5) is 0 Å². The molecular formula is C21H26N2O2S. The second kappa shape index (κ2) is 8.60. The Labute approximate surface area is 158 Å². The Bertz CT molecular complexity index is 798. The van der Waals surface area contributed by atoms with Crippen LogP contribution in [0.5, 0.6) is 0 Å². The first-order valence-corrected chi connectivity index (χ1v) is 10.7. The van der Waals surface area contributed by atoms with Gasteiger partial charge in [-0.3, -0.25) is 13.9 Å². The summed E-state index contributed by atoms with van der Waals surface area (Å²) in [6.45, 7) is 6.35. The summed E-state index contributed by atoms with van der Waals surface area (Å²) in [4.78, 5) is 17.1. The third-order valence-electron chi connectivity index (χ3n) is 4.86. The number of nitrogens with zero attached hydrogens (tertiary/aromatic N) is 2. The van der Waals surface area contributed by atoms with Crippen LogP contribution in [0.2, 0.25) is 0 Å². The van der Waals surface area contributed by atoms with E-state index in [2.05, 4.69) is 36.1 Å². The third-order valence-corrected chi connectivity index (χ3v) is 5.60. The van der Waals surface area contributed by atoms with Gasteiger partial charge in [-0.25, -0.2) is 0 Å². The molecule has 1 amide bonds. The van der Waals surface area contributed by atoms with Gasteiger partial charge in [-0.2, -0.15) is 0 Å². The van der Waals surface area contributed by atoms with E-state index in [1.165, 1.54) is 11.1 Å². The highest BCUT2D eigenvalue weighted by Gasteiger charge is 2.22. The van der Waals surface area contributed by atoms with E-state index in [4.69, 9.17) is 0 Å². The fourth-order valence-corrected chi connectivity index (χ4v) is 4.00. The van der Waals surface area contributed by atoms with E-state index >= 15 is 0 Å². The minimum absolute atomic E-state index is 0.0734. The summed E-state index contributed by atoms with van der Waals surface area (Å²) in [7, 11) is -0.901. The van der Waals surface area contributed by atoms with Gasteiger partial charge in [0.15, 0.2) is 0 Å². The lowest BCUT2D eigenvalue weighted by molar-refractivity contribution is 0.0628. The van der Waals surface area contributed by atoms with Crippen molar-refractivity contribution in [2.75, 3.05) is 32.4 Å². The Morgan fingerprint density at radius 3 is 2.46 bits per heavy atom. The normalized spacial score (nSPS) is 16.5. The lowest BCUT2D eigenvalue weighted by Crippen LogP contribution is -2.48. The fourth-order valence-electron chi connectivity index (χ4n) is 3.35. The molecule has 4 nitrogen and oxygen atoms in total. The first-order valence-electron chi connectivity index (χ1n) is 8.98. The molecule has 1 aliphatic rings. The molecular weight excluding hydrogens is 344 g/mol. The van der Waals surface area contributed by atoms with E-state index in [1.54, 1.807) is 6.26 Å². The number of hydrogen-bond donors (Lipinski definition) is 0. The van der Waals surface area contributed by atoms with Crippen molar-refractivity contribution in [2.24, 2.45) is 0 Å². The quantitative estimate of drug-likeness (QED) is 0.813. The van der Waals surface area contributed by atoms with Gasteiger partial charge in [0.25, 0.3) is 5.91 Å². The Hall–Kier alpha value is -1.98. The molecule has 26 heavy (non-hydrogen) atoms. The van der Waals surface area contributed by atoms with Gasteiger partial charge in [-0.05, 0) is 35.7 Å². The molecule has 0 radical (unpaired) electrons. The third kappa shape index (κ3) is 4.80. The summed E-state index contributed by atoms with van der Waals surface area (Å²) >= 11 is 0. The van der Waals surface area contributed by atoms with Crippen molar-refractivity contribution in [1.82, 2.24) is 9.80 Å². The predicted molar refractivity (Wildman–Crippen MR) is 107 cm³/mol. The Balaban J connectivity index is 1.58. The van der Waals surface area contributed by atoms with Crippen molar-refractivity contribution in [2.45, 2.75) is 19.2 Å². The van der Waals surface area contributed by atoms with Gasteiger partial charge in [0, 0.05) is 61.1 Å². The Kier molecular flexibility index (Phi) is 6.22. The number of aryl methyl sites for hydroxylation is 1. The largest absolute Gasteiger partial charge is 0.336 e. The van der Waals surface area contributed by atoms with E-state index in [-0.39, 0.29) is 5.91 Å². The van der Waals surface area contributed by atoms with Gasteiger partial charge in [0.1, 0.15) is 0 Å². The molecule has 5 heteroatoms. The van der Waals surface area contributed by atoms with Crippen LogP contribution in [0.15, 0.2) is 48.5 Å². The van der Waals surface area contributed by atoms with E-state index in [9.17, 15) is 9.00 Å². The zero-order chi connectivity index (χ0) is 18.5. The van der Waals surface area contributed by atoms with Gasteiger partial charge in [0.05, 0.1) is 0 Å². The number of hydrogen-bond acceptors (Lipinski definition) is 3. The lowest BCUT2D eigenvalue weighted by atomic mass is 10.1. The highest BCUT2D eigenvalue weighted by molar-refractivity contribution is 7.83. The maximum atomic E-state index is 12.8. The van der Waals surface area contributed by atoms with Gasteiger partial charge in [-0.15, -0.1) is 0 Å². The standard InChI is InChI=1S/C21H26N2O2S/c1-17-6-3-4-8-20(17)15-22-10-12-23(13-11-22)21(24)19-9-5-7-18(14-19)16-26(2)25/h3-9,14H,10-13,15-16H2,1-2H3. The highest BCUT2D eigenvalue weighted by Crippen LogP contribution is 2.15. The van der Waals surface area contributed by atoms with Crippen LogP contribution in [0.1, 0.15) is 27.0 Å². The molecule has 0 bridgehead atoms. The van der Waals surface area contributed by atoms with E-state index in [0.29, 0.717) is 11.3 Å². The molecule has 0 N–H and O–H groups in total. The summed E-state index contributed by atoms with van der Waals surface area (Å²) in [5.74, 6) is 0.565. The van der Waals surface area contributed by atoms with Crippen molar-refractivity contribution in [1.29, 1.82) is 0 Å². The number of benzene rings is 2. The molecule has 138 valence electrons. The van der Waals surface area contributed by atoms with Crippen LogP contribution >= 0.6 is 0 Å². The van der Waals surface area contributed by atoms with Gasteiger partial charge in [-0.1, -0.05) is 36.4 Å². The molecule has 0 aliphatic carbocycles. The van der Waals surface area contributed by atoms with Crippen LogP contribution in [0.25, 0.3) is 0 Å². The predicted octanol–water partition coefficient (Wildman–Crippen LogP) is 2.83. The SMILES string of the molecule is Cc1ccccc1CN1CCN(C(=O)c2cccc(CS(C)=O)c2)CC1. The van der Waals surface area contributed by atoms with E-state index in [0.717, 1.165) is 38.3 Å². The second-order valence-electron chi connectivity index (χ2n) is 6.91. The number of piperazine rings is 1. The smallest absolute Gasteiger partial charge is 0.253 e. The van der Waals surface area contributed by atoms with E-state index < -0.39 is 10.8 Å². The summed E-state index contributed by atoms with van der Waals surface area (Å²) in [6, 6.07) is 16.0. The van der Waals surface area contributed by atoms with Crippen LogP contribution in [0.3, 0.4) is 0 Å². The highest BCUT2D eigenvalue weighted by atomic mass is 32.2. The second-order valence-corrected chi connectivity index (χ2v) is 8.35. The van der Waals surface area contributed by atoms with Crippen molar-refractivity contribution in [3.05, 3.63) is 70.8 Å².